The summed E-state index contributed by atoms with van der Waals surface area (Å²) < 4.78 is 1.95. The summed E-state index contributed by atoms with van der Waals surface area (Å²) in [6, 6.07) is 17.4. The molecule has 1 amide bonds. The van der Waals surface area contributed by atoms with Crippen molar-refractivity contribution in [1.82, 2.24) is 19.7 Å². The van der Waals surface area contributed by atoms with Gasteiger partial charge in [-0.25, -0.2) is 0 Å². The second-order valence-corrected chi connectivity index (χ2v) is 8.84. The lowest BCUT2D eigenvalue weighted by atomic mass is 10.1. The second-order valence-electron chi connectivity index (χ2n) is 7.89. The Morgan fingerprint density at radius 3 is 2.72 bits per heavy atom. The van der Waals surface area contributed by atoms with E-state index in [1.54, 1.807) is 6.33 Å². The number of hydrogen-bond donors (Lipinski definition) is 0. The molecule has 0 spiro atoms. The third kappa shape index (κ3) is 3.69. The van der Waals surface area contributed by atoms with Gasteiger partial charge in [-0.3, -0.25) is 9.36 Å². The van der Waals surface area contributed by atoms with Crippen LogP contribution in [0.3, 0.4) is 0 Å². The van der Waals surface area contributed by atoms with Gasteiger partial charge in [0.15, 0.2) is 5.16 Å². The number of amides is 1. The highest BCUT2D eigenvalue weighted by atomic mass is 32.2. The Morgan fingerprint density at radius 1 is 1.14 bits per heavy atom. The molecule has 6 heteroatoms. The SMILES string of the molecule is Cc1ccc(-n2cnnc2SCC(=O)N(C2CC2)C2CCc3ccccc32)cc1. The molecule has 5 rings (SSSR count). The minimum Gasteiger partial charge on any atom is -0.332 e. The molecule has 0 N–H and O–H groups in total. The molecule has 0 saturated heterocycles. The van der Waals surface area contributed by atoms with Crippen LogP contribution >= 0.6 is 11.8 Å². The minimum absolute atomic E-state index is 0.206. The van der Waals surface area contributed by atoms with Gasteiger partial charge >= 0.3 is 0 Å². The molecule has 1 aromatic heterocycles. The van der Waals surface area contributed by atoms with E-state index >= 15 is 0 Å². The Morgan fingerprint density at radius 2 is 1.93 bits per heavy atom. The number of fused-ring (bicyclic) bond motifs is 1. The summed E-state index contributed by atoms with van der Waals surface area (Å²) in [6.07, 6.45) is 6.05. The van der Waals surface area contributed by atoms with Gasteiger partial charge in [0.2, 0.25) is 5.91 Å². The average Bonchev–Trinajstić information content (AvgIpc) is 3.30. The van der Waals surface area contributed by atoms with Crippen LogP contribution in [0.2, 0.25) is 0 Å². The summed E-state index contributed by atoms with van der Waals surface area (Å²) >= 11 is 1.47. The van der Waals surface area contributed by atoms with E-state index in [0.29, 0.717) is 11.8 Å². The van der Waals surface area contributed by atoms with E-state index in [1.165, 1.54) is 28.5 Å². The molecular weight excluding hydrogens is 380 g/mol. The Kier molecular flexibility index (Phi) is 4.87. The zero-order chi connectivity index (χ0) is 19.8. The van der Waals surface area contributed by atoms with Gasteiger partial charge in [-0.05, 0) is 55.9 Å². The predicted molar refractivity (Wildman–Crippen MR) is 114 cm³/mol. The summed E-state index contributed by atoms with van der Waals surface area (Å²) in [5.74, 6) is 0.595. The highest BCUT2D eigenvalue weighted by molar-refractivity contribution is 7.99. The number of aryl methyl sites for hydroxylation is 2. The third-order valence-electron chi connectivity index (χ3n) is 5.82. The zero-order valence-corrected chi connectivity index (χ0v) is 17.3. The fourth-order valence-corrected chi connectivity index (χ4v) is 5.01. The monoisotopic (exact) mass is 404 g/mol. The molecule has 29 heavy (non-hydrogen) atoms. The standard InChI is InChI=1S/C23H24N4OS/c1-16-6-9-18(10-7-16)26-15-24-25-23(26)29-14-22(28)27(19-11-12-19)21-13-8-17-4-2-3-5-20(17)21/h2-7,9-10,15,19,21H,8,11-14H2,1H3. The fourth-order valence-electron chi connectivity index (χ4n) is 4.21. The lowest BCUT2D eigenvalue weighted by Crippen LogP contribution is -2.37. The van der Waals surface area contributed by atoms with Crippen molar-refractivity contribution in [3.8, 4) is 5.69 Å². The lowest BCUT2D eigenvalue weighted by Gasteiger charge is -2.30. The number of carbonyl (C=O) groups is 1. The highest BCUT2D eigenvalue weighted by Crippen LogP contribution is 2.42. The summed E-state index contributed by atoms with van der Waals surface area (Å²) in [6.45, 7) is 2.07. The first-order valence-corrected chi connectivity index (χ1v) is 11.2. The topological polar surface area (TPSA) is 51.0 Å². The van der Waals surface area contributed by atoms with Crippen molar-refractivity contribution in [2.24, 2.45) is 0 Å². The van der Waals surface area contributed by atoms with Crippen LogP contribution in [0.15, 0.2) is 60.0 Å². The number of thioether (sulfide) groups is 1. The Bertz CT molecular complexity index is 1030. The Labute approximate surface area is 175 Å². The molecule has 2 aliphatic carbocycles. The molecule has 0 aliphatic heterocycles. The van der Waals surface area contributed by atoms with Crippen molar-refractivity contribution in [2.45, 2.75) is 49.8 Å². The van der Waals surface area contributed by atoms with Gasteiger partial charge in [-0.2, -0.15) is 0 Å². The van der Waals surface area contributed by atoms with Crippen molar-refractivity contribution in [2.75, 3.05) is 5.75 Å². The highest BCUT2D eigenvalue weighted by Gasteiger charge is 2.40. The van der Waals surface area contributed by atoms with Crippen LogP contribution in [0.5, 0.6) is 0 Å². The number of nitrogens with zero attached hydrogens (tertiary/aromatic N) is 4. The minimum atomic E-state index is 0.206. The molecule has 5 nitrogen and oxygen atoms in total. The molecule has 1 atom stereocenters. The van der Waals surface area contributed by atoms with Gasteiger partial charge in [0.25, 0.3) is 0 Å². The molecule has 0 bridgehead atoms. The molecule has 3 aromatic rings. The van der Waals surface area contributed by atoms with Crippen LogP contribution < -0.4 is 0 Å². The number of aromatic nitrogens is 3. The largest absolute Gasteiger partial charge is 0.332 e. The molecular formula is C23H24N4OS. The van der Waals surface area contributed by atoms with E-state index in [2.05, 4.69) is 70.6 Å². The predicted octanol–water partition coefficient (Wildman–Crippen LogP) is 4.35. The normalized spacial score (nSPS) is 17.9. The smallest absolute Gasteiger partial charge is 0.233 e. The summed E-state index contributed by atoms with van der Waals surface area (Å²) in [4.78, 5) is 15.4. The number of carbonyl (C=O) groups excluding carboxylic acids is 1. The van der Waals surface area contributed by atoms with Crippen LogP contribution in [0.25, 0.3) is 5.69 Å². The van der Waals surface area contributed by atoms with Gasteiger partial charge in [0.1, 0.15) is 6.33 Å². The van der Waals surface area contributed by atoms with E-state index in [-0.39, 0.29) is 11.9 Å². The van der Waals surface area contributed by atoms with Gasteiger partial charge in [0.05, 0.1) is 11.8 Å². The molecule has 1 saturated carbocycles. The number of rotatable bonds is 6. The Balaban J connectivity index is 1.32. The van der Waals surface area contributed by atoms with Crippen LogP contribution in [0, 0.1) is 6.92 Å². The number of benzene rings is 2. The maximum Gasteiger partial charge on any atom is 0.233 e. The molecule has 148 valence electrons. The van der Waals surface area contributed by atoms with E-state index < -0.39 is 0 Å². The van der Waals surface area contributed by atoms with Crippen molar-refractivity contribution < 1.29 is 4.79 Å². The average molecular weight is 405 g/mol. The molecule has 1 fully saturated rings. The van der Waals surface area contributed by atoms with Gasteiger partial charge < -0.3 is 4.90 Å². The molecule has 1 heterocycles. The maximum absolute atomic E-state index is 13.3. The van der Waals surface area contributed by atoms with Crippen molar-refractivity contribution >= 4 is 17.7 Å². The van der Waals surface area contributed by atoms with E-state index in [4.69, 9.17) is 0 Å². The maximum atomic E-state index is 13.3. The quantitative estimate of drug-likeness (QED) is 0.573. The first kappa shape index (κ1) is 18.4. The van der Waals surface area contributed by atoms with E-state index in [1.807, 2.05) is 4.57 Å². The van der Waals surface area contributed by atoms with Crippen molar-refractivity contribution in [1.29, 1.82) is 0 Å². The zero-order valence-electron chi connectivity index (χ0n) is 16.5. The summed E-state index contributed by atoms with van der Waals surface area (Å²) in [5.41, 5.74) is 4.95. The first-order valence-electron chi connectivity index (χ1n) is 10.2. The first-order chi connectivity index (χ1) is 14.2. The lowest BCUT2D eigenvalue weighted by molar-refractivity contribution is -0.131. The molecule has 1 unspecified atom stereocenters. The van der Waals surface area contributed by atoms with E-state index in [0.717, 1.165) is 36.5 Å². The van der Waals surface area contributed by atoms with E-state index in [9.17, 15) is 4.79 Å². The summed E-state index contributed by atoms with van der Waals surface area (Å²) in [5, 5.41) is 9.07. The molecule has 2 aliphatic rings. The van der Waals surface area contributed by atoms with Crippen LogP contribution in [-0.2, 0) is 11.2 Å². The summed E-state index contributed by atoms with van der Waals surface area (Å²) in [7, 11) is 0. The van der Waals surface area contributed by atoms with Crippen molar-refractivity contribution in [3.63, 3.8) is 0 Å². The molecule has 0 radical (unpaired) electrons. The van der Waals surface area contributed by atoms with Crippen LogP contribution in [0.4, 0.5) is 0 Å². The van der Waals surface area contributed by atoms with Crippen LogP contribution in [0.1, 0.15) is 42.0 Å². The van der Waals surface area contributed by atoms with Crippen molar-refractivity contribution in [3.05, 3.63) is 71.5 Å². The van der Waals surface area contributed by atoms with Gasteiger partial charge in [-0.15, -0.1) is 10.2 Å². The molecule has 2 aromatic carbocycles. The fraction of sp³-hybridized carbons (Fsp3) is 0.348. The third-order valence-corrected chi connectivity index (χ3v) is 6.75. The number of hydrogen-bond acceptors (Lipinski definition) is 4. The van der Waals surface area contributed by atoms with Gasteiger partial charge in [0, 0.05) is 11.7 Å². The second kappa shape index (κ2) is 7.67. The Hall–Kier alpha value is -2.60. The van der Waals surface area contributed by atoms with Gasteiger partial charge in [-0.1, -0.05) is 53.7 Å². The van der Waals surface area contributed by atoms with Crippen LogP contribution in [-0.4, -0.2) is 37.4 Å².